The van der Waals surface area contributed by atoms with Gasteiger partial charge in [0.25, 0.3) is 0 Å². The first-order valence-electron chi connectivity index (χ1n) is 4.72. The minimum Gasteiger partial charge on any atom is -0.478 e. The second-order valence-electron chi connectivity index (χ2n) is 3.09. The van der Waals surface area contributed by atoms with E-state index in [1.165, 1.54) is 18.2 Å². The fourth-order valence-electron chi connectivity index (χ4n) is 1.28. The van der Waals surface area contributed by atoms with Gasteiger partial charge in [0.15, 0.2) is 0 Å². The number of halogens is 1. The van der Waals surface area contributed by atoms with Gasteiger partial charge in [-0.05, 0) is 30.7 Å². The molecule has 0 spiro atoms. The lowest BCUT2D eigenvalue weighted by molar-refractivity contribution is -0.142. The van der Waals surface area contributed by atoms with Crippen LogP contribution < -0.4 is 0 Å². The Balaban J connectivity index is 2.96. The number of carboxylic acid groups (broad SMARTS) is 1. The summed E-state index contributed by atoms with van der Waals surface area (Å²) in [7, 11) is 0. The molecule has 1 aromatic carbocycles. The van der Waals surface area contributed by atoms with Crippen LogP contribution in [0.15, 0.2) is 18.2 Å². The molecule has 0 saturated carbocycles. The van der Waals surface area contributed by atoms with Gasteiger partial charge in [-0.3, -0.25) is 4.79 Å². The number of aromatic carboxylic acids is 1. The lowest BCUT2D eigenvalue weighted by atomic mass is 10.0. The summed E-state index contributed by atoms with van der Waals surface area (Å²) in [6.07, 6.45) is -0.0873. The van der Waals surface area contributed by atoms with E-state index < -0.39 is 11.9 Å². The minimum absolute atomic E-state index is 0.0671. The molecule has 16 heavy (non-hydrogen) atoms. The largest absolute Gasteiger partial charge is 0.478 e. The Morgan fingerprint density at radius 2 is 2.12 bits per heavy atom. The molecule has 4 nitrogen and oxygen atoms in total. The molecule has 1 aromatic rings. The second kappa shape index (κ2) is 5.51. The zero-order chi connectivity index (χ0) is 12.1. The summed E-state index contributed by atoms with van der Waals surface area (Å²) in [5, 5.41) is 9.30. The molecule has 1 rings (SSSR count). The van der Waals surface area contributed by atoms with Crippen molar-refractivity contribution < 1.29 is 19.4 Å². The Morgan fingerprint density at radius 3 is 2.69 bits per heavy atom. The highest BCUT2D eigenvalue weighted by atomic mass is 35.5. The molecule has 0 aliphatic heterocycles. The topological polar surface area (TPSA) is 63.6 Å². The van der Waals surface area contributed by atoms with Crippen LogP contribution >= 0.6 is 11.6 Å². The molecule has 0 amide bonds. The molecule has 86 valence electrons. The van der Waals surface area contributed by atoms with Gasteiger partial charge in [0.1, 0.15) is 0 Å². The van der Waals surface area contributed by atoms with Crippen LogP contribution in [-0.2, 0) is 16.0 Å². The predicted octanol–water partition coefficient (Wildman–Crippen LogP) is 2.14. The third-order valence-corrected chi connectivity index (χ3v) is 2.17. The Bertz CT molecular complexity index is 414. The van der Waals surface area contributed by atoms with Crippen LogP contribution in [0.5, 0.6) is 0 Å². The van der Waals surface area contributed by atoms with Crippen molar-refractivity contribution >= 4 is 23.5 Å². The average Bonchev–Trinajstić information content (AvgIpc) is 2.17. The fourth-order valence-corrected chi connectivity index (χ4v) is 1.48. The van der Waals surface area contributed by atoms with E-state index in [0.29, 0.717) is 10.6 Å². The standard InChI is InChI=1S/C11H11ClO4/c1-2-16-10(13)6-7-5-8(12)3-4-9(7)11(14)15/h3-5H,2,6H2,1H3,(H,14,15). The van der Waals surface area contributed by atoms with Crippen molar-refractivity contribution in [3.63, 3.8) is 0 Å². The number of hydrogen-bond acceptors (Lipinski definition) is 3. The number of benzene rings is 1. The van der Waals surface area contributed by atoms with Crippen molar-refractivity contribution in [1.82, 2.24) is 0 Å². The maximum Gasteiger partial charge on any atom is 0.335 e. The third kappa shape index (κ3) is 3.24. The molecule has 0 heterocycles. The van der Waals surface area contributed by atoms with E-state index in [4.69, 9.17) is 21.4 Å². The van der Waals surface area contributed by atoms with Gasteiger partial charge in [-0.15, -0.1) is 0 Å². The van der Waals surface area contributed by atoms with Gasteiger partial charge >= 0.3 is 11.9 Å². The summed E-state index contributed by atoms with van der Waals surface area (Å²) in [5.74, 6) is -1.55. The molecule has 0 unspecified atom stereocenters. The van der Waals surface area contributed by atoms with Gasteiger partial charge in [0, 0.05) is 5.02 Å². The summed E-state index contributed by atoms with van der Waals surface area (Å²) in [6.45, 7) is 1.95. The van der Waals surface area contributed by atoms with Crippen molar-refractivity contribution in [3.05, 3.63) is 34.3 Å². The van der Waals surface area contributed by atoms with Crippen molar-refractivity contribution in [1.29, 1.82) is 0 Å². The zero-order valence-corrected chi connectivity index (χ0v) is 9.45. The third-order valence-electron chi connectivity index (χ3n) is 1.94. The van der Waals surface area contributed by atoms with Crippen LogP contribution in [0.25, 0.3) is 0 Å². The maximum atomic E-state index is 11.2. The number of carbonyl (C=O) groups excluding carboxylic acids is 1. The average molecular weight is 243 g/mol. The highest BCUT2D eigenvalue weighted by Crippen LogP contribution is 2.17. The first-order valence-corrected chi connectivity index (χ1v) is 5.09. The molecule has 5 heteroatoms. The maximum absolute atomic E-state index is 11.2. The SMILES string of the molecule is CCOC(=O)Cc1cc(Cl)ccc1C(=O)O. The molecule has 0 radical (unpaired) electrons. The lowest BCUT2D eigenvalue weighted by Crippen LogP contribution is -2.11. The Kier molecular flexibility index (Phi) is 4.31. The molecular formula is C11H11ClO4. The smallest absolute Gasteiger partial charge is 0.335 e. The highest BCUT2D eigenvalue weighted by Gasteiger charge is 2.14. The van der Waals surface area contributed by atoms with Crippen LogP contribution in [0.4, 0.5) is 0 Å². The van der Waals surface area contributed by atoms with Gasteiger partial charge in [-0.25, -0.2) is 4.79 Å². The normalized spacial score (nSPS) is 9.88. The summed E-state index contributed by atoms with van der Waals surface area (Å²) in [6, 6.07) is 4.31. The molecule has 1 N–H and O–H groups in total. The predicted molar refractivity (Wildman–Crippen MR) is 58.7 cm³/mol. The van der Waals surface area contributed by atoms with Crippen molar-refractivity contribution in [2.45, 2.75) is 13.3 Å². The van der Waals surface area contributed by atoms with Crippen molar-refractivity contribution in [2.75, 3.05) is 6.61 Å². The van der Waals surface area contributed by atoms with Crippen LogP contribution in [-0.4, -0.2) is 23.7 Å². The molecule has 0 atom stereocenters. The Hall–Kier alpha value is -1.55. The van der Waals surface area contributed by atoms with Gasteiger partial charge < -0.3 is 9.84 Å². The van der Waals surface area contributed by atoms with E-state index in [9.17, 15) is 9.59 Å². The van der Waals surface area contributed by atoms with Crippen LogP contribution in [0, 0.1) is 0 Å². The van der Waals surface area contributed by atoms with Crippen LogP contribution in [0.1, 0.15) is 22.8 Å². The quantitative estimate of drug-likeness (QED) is 0.822. The van der Waals surface area contributed by atoms with Crippen LogP contribution in [0.2, 0.25) is 5.02 Å². The van der Waals surface area contributed by atoms with Gasteiger partial charge in [0.05, 0.1) is 18.6 Å². The Labute approximate surface area is 97.8 Å². The number of ether oxygens (including phenoxy) is 1. The van der Waals surface area contributed by atoms with E-state index in [1.807, 2.05) is 0 Å². The lowest BCUT2D eigenvalue weighted by Gasteiger charge is -2.06. The summed E-state index contributed by atoms with van der Waals surface area (Å²) >= 11 is 5.74. The molecule has 0 aliphatic carbocycles. The van der Waals surface area contributed by atoms with E-state index in [1.54, 1.807) is 6.92 Å². The minimum atomic E-state index is -1.09. The number of hydrogen-bond donors (Lipinski definition) is 1. The molecule has 0 aliphatic rings. The summed E-state index contributed by atoms with van der Waals surface area (Å²) in [4.78, 5) is 22.1. The molecule has 0 aromatic heterocycles. The van der Waals surface area contributed by atoms with E-state index in [-0.39, 0.29) is 18.6 Å². The number of carboxylic acids is 1. The molecule has 0 bridgehead atoms. The molecular weight excluding hydrogens is 232 g/mol. The highest BCUT2D eigenvalue weighted by molar-refractivity contribution is 6.30. The monoisotopic (exact) mass is 242 g/mol. The molecule has 0 fully saturated rings. The van der Waals surface area contributed by atoms with E-state index in [0.717, 1.165) is 0 Å². The first-order chi connectivity index (χ1) is 7.54. The van der Waals surface area contributed by atoms with Gasteiger partial charge in [-0.1, -0.05) is 11.6 Å². The number of rotatable bonds is 4. The summed E-state index contributed by atoms with van der Waals surface area (Å²) in [5.41, 5.74) is 0.427. The fraction of sp³-hybridized carbons (Fsp3) is 0.273. The second-order valence-corrected chi connectivity index (χ2v) is 3.52. The Morgan fingerprint density at radius 1 is 1.44 bits per heavy atom. The van der Waals surface area contributed by atoms with Gasteiger partial charge in [-0.2, -0.15) is 0 Å². The number of carbonyl (C=O) groups is 2. The van der Waals surface area contributed by atoms with Crippen LogP contribution in [0.3, 0.4) is 0 Å². The summed E-state index contributed by atoms with van der Waals surface area (Å²) < 4.78 is 4.75. The van der Waals surface area contributed by atoms with Gasteiger partial charge in [0.2, 0.25) is 0 Å². The van der Waals surface area contributed by atoms with Crippen molar-refractivity contribution in [3.8, 4) is 0 Å². The van der Waals surface area contributed by atoms with E-state index >= 15 is 0 Å². The molecule has 0 saturated heterocycles. The van der Waals surface area contributed by atoms with Crippen molar-refractivity contribution in [2.24, 2.45) is 0 Å². The van der Waals surface area contributed by atoms with E-state index in [2.05, 4.69) is 0 Å². The zero-order valence-electron chi connectivity index (χ0n) is 8.70. The number of esters is 1. The first kappa shape index (κ1) is 12.5.